The van der Waals surface area contributed by atoms with Crippen molar-refractivity contribution in [2.45, 2.75) is 16.7 Å². The van der Waals surface area contributed by atoms with Gasteiger partial charge < -0.3 is 4.90 Å². The molecule has 6 heteroatoms. The summed E-state index contributed by atoms with van der Waals surface area (Å²) in [6.45, 7) is 2.94. The molecule has 0 unspecified atom stereocenters. The Morgan fingerprint density at radius 3 is 2.32 bits per heavy atom. The number of amides is 1. The molecule has 0 N–H and O–H groups in total. The van der Waals surface area contributed by atoms with E-state index in [0.717, 1.165) is 16.7 Å². The zero-order valence-electron chi connectivity index (χ0n) is 16.8. The van der Waals surface area contributed by atoms with E-state index in [1.165, 1.54) is 30.3 Å². The molecule has 5 rings (SSSR count). The van der Waals surface area contributed by atoms with Crippen molar-refractivity contribution >= 4 is 27.1 Å². The third kappa shape index (κ3) is 3.02. The SMILES string of the molecule is Cc1ccccc1C1=CCN(C(=O)c2ccc3c(c2)S(=O)(=O)c2ccccc2C3=O)C1. The summed E-state index contributed by atoms with van der Waals surface area (Å²) < 4.78 is 26.2. The van der Waals surface area contributed by atoms with E-state index in [9.17, 15) is 18.0 Å². The van der Waals surface area contributed by atoms with Gasteiger partial charge in [0.15, 0.2) is 5.78 Å². The number of hydrogen-bond acceptors (Lipinski definition) is 4. The number of ketones is 1. The minimum atomic E-state index is -3.88. The zero-order valence-corrected chi connectivity index (χ0v) is 17.6. The highest BCUT2D eigenvalue weighted by molar-refractivity contribution is 7.91. The van der Waals surface area contributed by atoms with Crippen molar-refractivity contribution in [3.63, 3.8) is 0 Å². The third-order valence-corrected chi connectivity index (χ3v) is 7.73. The summed E-state index contributed by atoms with van der Waals surface area (Å²) in [6.07, 6.45) is 2.02. The van der Waals surface area contributed by atoms with Crippen LogP contribution in [0.2, 0.25) is 0 Å². The fraction of sp³-hybridized carbons (Fsp3) is 0.120. The third-order valence-electron chi connectivity index (χ3n) is 5.88. The van der Waals surface area contributed by atoms with Gasteiger partial charge in [0, 0.05) is 29.8 Å². The maximum Gasteiger partial charge on any atom is 0.254 e. The normalized spacial score (nSPS) is 16.5. The van der Waals surface area contributed by atoms with Crippen LogP contribution < -0.4 is 0 Å². The standard InChI is InChI=1S/C25H19NO4S/c1-16-6-2-3-7-19(16)18-12-13-26(15-18)25(28)17-10-11-21-23(14-17)31(29,30)22-9-5-4-8-20(22)24(21)27/h2-12,14H,13,15H2,1H3. The summed E-state index contributed by atoms with van der Waals surface area (Å²) in [5.74, 6) is -0.603. The van der Waals surface area contributed by atoms with Crippen LogP contribution in [0.5, 0.6) is 0 Å². The van der Waals surface area contributed by atoms with Crippen LogP contribution >= 0.6 is 0 Å². The lowest BCUT2D eigenvalue weighted by atomic mass is 10.0. The Labute approximate surface area is 180 Å². The first-order valence-electron chi connectivity index (χ1n) is 9.95. The van der Waals surface area contributed by atoms with Gasteiger partial charge in [0.2, 0.25) is 9.84 Å². The number of fused-ring (bicyclic) bond motifs is 2. The number of carbonyl (C=O) groups is 2. The summed E-state index contributed by atoms with van der Waals surface area (Å²) in [4.78, 5) is 27.5. The Kier molecular flexibility index (Phi) is 4.41. The predicted octanol–water partition coefficient (Wildman–Crippen LogP) is 3.91. The van der Waals surface area contributed by atoms with E-state index < -0.39 is 9.84 Å². The quantitative estimate of drug-likeness (QED) is 0.484. The molecule has 0 atom stereocenters. The van der Waals surface area contributed by atoms with Gasteiger partial charge in [-0.05, 0) is 54.0 Å². The summed E-state index contributed by atoms with van der Waals surface area (Å²) >= 11 is 0. The highest BCUT2D eigenvalue weighted by atomic mass is 32.2. The molecular formula is C25H19NO4S. The van der Waals surface area contributed by atoms with E-state index in [1.807, 2.05) is 37.3 Å². The first-order chi connectivity index (χ1) is 14.9. The smallest absolute Gasteiger partial charge is 0.254 e. The van der Waals surface area contributed by atoms with Crippen LogP contribution in [0.4, 0.5) is 0 Å². The van der Waals surface area contributed by atoms with Crippen molar-refractivity contribution < 1.29 is 18.0 Å². The largest absolute Gasteiger partial charge is 0.331 e. The molecule has 1 amide bonds. The Morgan fingerprint density at radius 2 is 1.55 bits per heavy atom. The van der Waals surface area contributed by atoms with Crippen LogP contribution in [0.15, 0.2) is 82.6 Å². The summed E-state index contributed by atoms with van der Waals surface area (Å²) in [5, 5.41) is 0. The number of nitrogens with zero attached hydrogens (tertiary/aromatic N) is 1. The van der Waals surface area contributed by atoms with Crippen LogP contribution in [0, 0.1) is 6.92 Å². The lowest BCUT2D eigenvalue weighted by molar-refractivity contribution is 0.0800. The summed E-state index contributed by atoms with van der Waals surface area (Å²) in [7, 11) is -3.88. The fourth-order valence-electron chi connectivity index (χ4n) is 4.24. The van der Waals surface area contributed by atoms with Crippen LogP contribution in [0.25, 0.3) is 5.57 Å². The maximum atomic E-state index is 13.1. The minimum absolute atomic E-state index is 0.0122. The average Bonchev–Trinajstić information content (AvgIpc) is 3.27. The molecule has 154 valence electrons. The monoisotopic (exact) mass is 429 g/mol. The average molecular weight is 429 g/mol. The van der Waals surface area contributed by atoms with Crippen molar-refractivity contribution in [3.8, 4) is 0 Å². The Hall–Kier alpha value is -3.51. The maximum absolute atomic E-state index is 13.1. The van der Waals surface area contributed by atoms with Crippen LogP contribution in [-0.2, 0) is 9.84 Å². The van der Waals surface area contributed by atoms with Gasteiger partial charge in [-0.15, -0.1) is 0 Å². The molecule has 0 fully saturated rings. The second kappa shape index (κ2) is 7.03. The molecular weight excluding hydrogens is 410 g/mol. The lowest BCUT2D eigenvalue weighted by Crippen LogP contribution is -2.29. The van der Waals surface area contributed by atoms with Crippen molar-refractivity contribution in [2.24, 2.45) is 0 Å². The summed E-state index contributed by atoms with van der Waals surface area (Å²) in [5.41, 5.74) is 3.85. The highest BCUT2D eigenvalue weighted by Crippen LogP contribution is 2.35. The van der Waals surface area contributed by atoms with Crippen LogP contribution in [-0.4, -0.2) is 38.1 Å². The molecule has 31 heavy (non-hydrogen) atoms. The number of carbonyl (C=O) groups excluding carboxylic acids is 2. The van der Waals surface area contributed by atoms with Gasteiger partial charge in [0.05, 0.1) is 9.79 Å². The van der Waals surface area contributed by atoms with E-state index in [0.29, 0.717) is 13.1 Å². The zero-order chi connectivity index (χ0) is 21.8. The van der Waals surface area contributed by atoms with Crippen molar-refractivity contribution in [1.82, 2.24) is 4.90 Å². The second-order valence-electron chi connectivity index (χ2n) is 7.77. The molecule has 2 aliphatic rings. The number of sulfone groups is 1. The van der Waals surface area contributed by atoms with Crippen LogP contribution in [0.3, 0.4) is 0 Å². The first-order valence-corrected chi connectivity index (χ1v) is 11.4. The van der Waals surface area contributed by atoms with E-state index in [4.69, 9.17) is 0 Å². The molecule has 3 aromatic carbocycles. The summed E-state index contributed by atoms with van der Waals surface area (Å²) in [6, 6.07) is 18.5. The molecule has 0 radical (unpaired) electrons. The lowest BCUT2D eigenvalue weighted by Gasteiger charge is -2.21. The second-order valence-corrected chi connectivity index (χ2v) is 9.66. The number of hydrogen-bond donors (Lipinski definition) is 0. The Balaban J connectivity index is 1.47. The molecule has 0 bridgehead atoms. The molecule has 0 saturated heterocycles. The highest BCUT2D eigenvalue weighted by Gasteiger charge is 2.35. The van der Waals surface area contributed by atoms with E-state index in [2.05, 4.69) is 0 Å². The van der Waals surface area contributed by atoms with Crippen molar-refractivity contribution in [3.05, 3.63) is 101 Å². The van der Waals surface area contributed by atoms with Gasteiger partial charge in [0.1, 0.15) is 0 Å². The van der Waals surface area contributed by atoms with E-state index in [1.54, 1.807) is 17.0 Å². The topological polar surface area (TPSA) is 71.5 Å². The molecule has 0 saturated carbocycles. The fourth-order valence-corrected chi connectivity index (χ4v) is 5.92. The molecule has 0 aliphatic carbocycles. The van der Waals surface area contributed by atoms with Gasteiger partial charge in [0.25, 0.3) is 5.91 Å². The predicted molar refractivity (Wildman–Crippen MR) is 117 cm³/mol. The van der Waals surface area contributed by atoms with Gasteiger partial charge in [-0.2, -0.15) is 0 Å². The van der Waals surface area contributed by atoms with Gasteiger partial charge in [-0.3, -0.25) is 9.59 Å². The van der Waals surface area contributed by atoms with Gasteiger partial charge >= 0.3 is 0 Å². The van der Waals surface area contributed by atoms with Crippen molar-refractivity contribution in [1.29, 1.82) is 0 Å². The van der Waals surface area contributed by atoms with E-state index in [-0.39, 0.29) is 38.2 Å². The molecule has 0 spiro atoms. The van der Waals surface area contributed by atoms with Gasteiger partial charge in [-0.25, -0.2) is 8.42 Å². The number of benzene rings is 3. The Morgan fingerprint density at radius 1 is 0.871 bits per heavy atom. The molecule has 2 heterocycles. The number of rotatable bonds is 2. The van der Waals surface area contributed by atoms with Gasteiger partial charge in [-0.1, -0.05) is 42.5 Å². The minimum Gasteiger partial charge on any atom is -0.331 e. The molecule has 5 nitrogen and oxygen atoms in total. The molecule has 3 aromatic rings. The molecule has 0 aromatic heterocycles. The molecule has 2 aliphatic heterocycles. The Bertz CT molecular complexity index is 1400. The first kappa shape index (κ1) is 19.5. The van der Waals surface area contributed by atoms with E-state index >= 15 is 0 Å². The van der Waals surface area contributed by atoms with Crippen LogP contribution in [0.1, 0.15) is 37.4 Å². The number of aryl methyl sites for hydroxylation is 1. The van der Waals surface area contributed by atoms with Crippen molar-refractivity contribution in [2.75, 3.05) is 13.1 Å².